The van der Waals surface area contributed by atoms with Crippen molar-refractivity contribution in [1.29, 1.82) is 0 Å². The van der Waals surface area contributed by atoms with E-state index < -0.39 is 36.0 Å². The van der Waals surface area contributed by atoms with Crippen molar-refractivity contribution in [3.63, 3.8) is 0 Å². The first-order valence-corrected chi connectivity index (χ1v) is 6.96. The molecule has 2 aliphatic heterocycles. The molecule has 122 valence electrons. The predicted octanol–water partition coefficient (Wildman–Crippen LogP) is -1.27. The minimum absolute atomic E-state index is 0.0269. The summed E-state index contributed by atoms with van der Waals surface area (Å²) in [6.07, 6.45) is -1.09. The molecule has 0 saturated carbocycles. The molecule has 4 N–H and O–H groups in total. The van der Waals surface area contributed by atoms with Crippen LogP contribution in [-0.2, 0) is 20.8 Å². The van der Waals surface area contributed by atoms with Crippen LogP contribution in [0.1, 0.15) is 25.6 Å². The number of hydrogen-bond donors (Lipinski definition) is 3. The number of aliphatic hydroxyl groups is 2. The first kappa shape index (κ1) is 15.4. The highest BCUT2D eigenvalue weighted by Gasteiger charge is 2.55. The van der Waals surface area contributed by atoms with Crippen LogP contribution < -0.4 is 11.4 Å². The van der Waals surface area contributed by atoms with Crippen molar-refractivity contribution in [3.8, 4) is 0 Å². The number of anilines is 1. The summed E-state index contributed by atoms with van der Waals surface area (Å²) in [5.41, 5.74) is 5.27. The van der Waals surface area contributed by atoms with E-state index in [1.165, 1.54) is 10.8 Å². The highest BCUT2D eigenvalue weighted by atomic mass is 16.8. The van der Waals surface area contributed by atoms with Crippen molar-refractivity contribution >= 4 is 5.82 Å². The molecule has 3 rings (SSSR count). The summed E-state index contributed by atoms with van der Waals surface area (Å²) in [7, 11) is 0. The molecule has 22 heavy (non-hydrogen) atoms. The standard InChI is InChI=1S/C13H19N3O6/c1-13(2)21-8-7(5-18)20-11(9(8)22-13)16-3-6(4-17)10(14)15-12(16)19/h3,7-9,11,17-18H,4-5H2,1-2H3,(H2,14,15,19)/t7-,8-,9-,11-/m1/s1. The van der Waals surface area contributed by atoms with Gasteiger partial charge in [-0.25, -0.2) is 4.79 Å². The van der Waals surface area contributed by atoms with Crippen molar-refractivity contribution in [1.82, 2.24) is 9.55 Å². The molecule has 1 aromatic heterocycles. The van der Waals surface area contributed by atoms with Gasteiger partial charge in [-0.15, -0.1) is 0 Å². The lowest BCUT2D eigenvalue weighted by Gasteiger charge is -2.24. The van der Waals surface area contributed by atoms with Crippen molar-refractivity contribution in [2.24, 2.45) is 0 Å². The molecule has 4 atom stereocenters. The second kappa shape index (κ2) is 5.28. The maximum Gasteiger partial charge on any atom is 0.351 e. The Bertz CT molecular complexity index is 631. The molecule has 2 aliphatic rings. The van der Waals surface area contributed by atoms with Crippen molar-refractivity contribution in [2.45, 2.75) is 50.8 Å². The third-order valence-corrected chi connectivity index (χ3v) is 3.81. The second-order valence-corrected chi connectivity index (χ2v) is 5.81. The largest absolute Gasteiger partial charge is 0.394 e. The number of fused-ring (bicyclic) bond motifs is 1. The van der Waals surface area contributed by atoms with Gasteiger partial charge >= 0.3 is 5.69 Å². The van der Waals surface area contributed by atoms with Crippen LogP contribution >= 0.6 is 0 Å². The van der Waals surface area contributed by atoms with Gasteiger partial charge in [0.15, 0.2) is 12.0 Å². The summed E-state index contributed by atoms with van der Waals surface area (Å²) in [6, 6.07) is 0. The Morgan fingerprint density at radius 3 is 2.68 bits per heavy atom. The number of ether oxygens (including phenoxy) is 3. The van der Waals surface area contributed by atoms with Gasteiger partial charge in [0.1, 0.15) is 24.1 Å². The zero-order valence-corrected chi connectivity index (χ0v) is 12.3. The Morgan fingerprint density at radius 1 is 1.36 bits per heavy atom. The fourth-order valence-electron chi connectivity index (χ4n) is 2.86. The lowest BCUT2D eigenvalue weighted by molar-refractivity contribution is -0.200. The number of hydrogen-bond acceptors (Lipinski definition) is 8. The van der Waals surface area contributed by atoms with E-state index in [4.69, 9.17) is 19.9 Å². The molecule has 0 radical (unpaired) electrons. The smallest absolute Gasteiger partial charge is 0.351 e. The Balaban J connectivity index is 2.00. The molecule has 0 aromatic carbocycles. The van der Waals surface area contributed by atoms with Crippen LogP contribution in [0.2, 0.25) is 0 Å². The Morgan fingerprint density at radius 2 is 2.05 bits per heavy atom. The third-order valence-electron chi connectivity index (χ3n) is 3.81. The van der Waals surface area contributed by atoms with E-state index in [-0.39, 0.29) is 19.0 Å². The lowest BCUT2D eigenvalue weighted by Crippen LogP contribution is -2.35. The van der Waals surface area contributed by atoms with Crippen LogP contribution in [0.15, 0.2) is 11.0 Å². The van der Waals surface area contributed by atoms with Gasteiger partial charge in [-0.05, 0) is 13.8 Å². The lowest BCUT2D eigenvalue weighted by atomic mass is 10.1. The van der Waals surface area contributed by atoms with Crippen molar-refractivity contribution < 1.29 is 24.4 Å². The van der Waals surface area contributed by atoms with E-state index in [0.29, 0.717) is 5.56 Å². The van der Waals surface area contributed by atoms with Gasteiger partial charge in [-0.3, -0.25) is 4.57 Å². The highest BCUT2D eigenvalue weighted by Crippen LogP contribution is 2.42. The zero-order valence-electron chi connectivity index (χ0n) is 12.3. The average Bonchev–Trinajstić information content (AvgIpc) is 2.92. The molecule has 0 bridgehead atoms. The summed E-state index contributed by atoms with van der Waals surface area (Å²) >= 11 is 0. The van der Waals surface area contributed by atoms with E-state index in [2.05, 4.69) is 4.98 Å². The van der Waals surface area contributed by atoms with Gasteiger partial charge in [-0.1, -0.05) is 0 Å². The fourth-order valence-corrected chi connectivity index (χ4v) is 2.86. The number of rotatable bonds is 3. The molecule has 9 nitrogen and oxygen atoms in total. The van der Waals surface area contributed by atoms with Crippen LogP contribution in [0.4, 0.5) is 5.82 Å². The first-order valence-electron chi connectivity index (χ1n) is 6.96. The van der Waals surface area contributed by atoms with E-state index in [9.17, 15) is 15.0 Å². The normalized spacial score (nSPS) is 33.1. The maximum absolute atomic E-state index is 12.1. The average molecular weight is 313 g/mol. The predicted molar refractivity (Wildman–Crippen MR) is 73.7 cm³/mol. The topological polar surface area (TPSA) is 129 Å². The minimum atomic E-state index is -0.838. The molecule has 0 unspecified atom stereocenters. The number of nitrogens with two attached hydrogens (primary N) is 1. The van der Waals surface area contributed by atoms with Gasteiger partial charge < -0.3 is 30.2 Å². The summed E-state index contributed by atoms with van der Waals surface area (Å²) < 4.78 is 18.4. The zero-order chi connectivity index (χ0) is 16.1. The van der Waals surface area contributed by atoms with Crippen LogP contribution in [0.5, 0.6) is 0 Å². The molecule has 2 saturated heterocycles. The van der Waals surface area contributed by atoms with E-state index >= 15 is 0 Å². The second-order valence-electron chi connectivity index (χ2n) is 5.81. The SMILES string of the molecule is CC1(C)O[C@@H]2[C@H](O1)[C@@H](CO)O[C@H]2n1cc(CO)c(N)nc1=O. The van der Waals surface area contributed by atoms with E-state index in [1.807, 2.05) is 0 Å². The highest BCUT2D eigenvalue weighted by molar-refractivity contribution is 5.36. The maximum atomic E-state index is 12.1. The molecule has 1 aromatic rings. The Labute approximate surface area is 126 Å². The minimum Gasteiger partial charge on any atom is -0.394 e. The quantitative estimate of drug-likeness (QED) is 0.630. The summed E-state index contributed by atoms with van der Waals surface area (Å²) in [5, 5.41) is 18.7. The van der Waals surface area contributed by atoms with Gasteiger partial charge in [-0.2, -0.15) is 4.98 Å². The first-order chi connectivity index (χ1) is 10.4. The monoisotopic (exact) mass is 313 g/mol. The Hall–Kier alpha value is -1.52. The van der Waals surface area contributed by atoms with E-state index in [1.54, 1.807) is 13.8 Å². The van der Waals surface area contributed by atoms with Crippen LogP contribution in [0, 0.1) is 0 Å². The van der Waals surface area contributed by atoms with Crippen LogP contribution in [0.3, 0.4) is 0 Å². The molecular weight excluding hydrogens is 294 g/mol. The molecule has 0 amide bonds. The summed E-state index contributed by atoms with van der Waals surface area (Å²) in [5.74, 6) is -0.865. The molecule has 9 heteroatoms. The van der Waals surface area contributed by atoms with E-state index in [0.717, 1.165) is 0 Å². The van der Waals surface area contributed by atoms with Crippen molar-refractivity contribution in [2.75, 3.05) is 12.3 Å². The number of nitrogen functional groups attached to an aromatic ring is 1. The number of aliphatic hydroxyl groups excluding tert-OH is 2. The van der Waals surface area contributed by atoms with Crippen molar-refractivity contribution in [3.05, 3.63) is 22.2 Å². The number of aromatic nitrogens is 2. The molecule has 3 heterocycles. The molecule has 0 spiro atoms. The molecule has 2 fully saturated rings. The molecular formula is C13H19N3O6. The van der Waals surface area contributed by atoms with Gasteiger partial charge in [0, 0.05) is 11.8 Å². The third kappa shape index (κ3) is 2.40. The number of nitrogens with zero attached hydrogens (tertiary/aromatic N) is 2. The summed E-state index contributed by atoms with van der Waals surface area (Å²) in [6.45, 7) is 2.88. The van der Waals surface area contributed by atoms with Gasteiger partial charge in [0.2, 0.25) is 0 Å². The van der Waals surface area contributed by atoms with Crippen LogP contribution in [0.25, 0.3) is 0 Å². The van der Waals surface area contributed by atoms with Crippen LogP contribution in [-0.4, -0.2) is 50.5 Å². The fraction of sp³-hybridized carbons (Fsp3) is 0.692. The van der Waals surface area contributed by atoms with Gasteiger partial charge in [0.25, 0.3) is 0 Å². The molecule has 0 aliphatic carbocycles. The Kier molecular flexibility index (Phi) is 3.69. The van der Waals surface area contributed by atoms with Gasteiger partial charge in [0.05, 0.1) is 13.2 Å². The summed E-state index contributed by atoms with van der Waals surface area (Å²) in [4.78, 5) is 15.8.